The summed E-state index contributed by atoms with van der Waals surface area (Å²) in [5.41, 5.74) is -0.423. The van der Waals surface area contributed by atoms with Crippen LogP contribution in [-0.2, 0) is 25.7 Å². The van der Waals surface area contributed by atoms with Gasteiger partial charge in [0.2, 0.25) is 0 Å². The van der Waals surface area contributed by atoms with Gasteiger partial charge in [-0.3, -0.25) is 9.69 Å². The number of rotatable bonds is 5. The molecule has 2 atom stereocenters. The van der Waals surface area contributed by atoms with E-state index < -0.39 is 29.7 Å². The van der Waals surface area contributed by atoms with E-state index in [1.165, 1.54) is 9.75 Å². The minimum Gasteiger partial charge on any atom is -0.475 e. The number of ether oxygens (including phenoxy) is 1. The molecule has 16 heteroatoms. The number of aromatic nitrogens is 1. The SMILES string of the molecule is CCOC(=O)[C@]12CCCN(Cc3ccc(C)s3)C[C@H]1CN(c1ccccn1)C2.O=C(O)C(F)(F)F.O=C(O)C(F)(F)F. The van der Waals surface area contributed by atoms with Gasteiger partial charge in [0.15, 0.2) is 0 Å². The van der Waals surface area contributed by atoms with Gasteiger partial charge in [-0.05, 0) is 57.5 Å². The Labute approximate surface area is 241 Å². The Kier molecular flexibility index (Phi) is 12.2. The highest BCUT2D eigenvalue weighted by Crippen LogP contribution is 2.45. The van der Waals surface area contributed by atoms with Crippen molar-refractivity contribution in [2.45, 2.75) is 45.6 Å². The Morgan fingerprint density at radius 3 is 2.14 bits per heavy atom. The molecule has 9 nitrogen and oxygen atoms in total. The van der Waals surface area contributed by atoms with Gasteiger partial charge in [0.1, 0.15) is 5.82 Å². The van der Waals surface area contributed by atoms with E-state index in [0.717, 1.165) is 44.8 Å². The van der Waals surface area contributed by atoms with Gasteiger partial charge in [-0.15, -0.1) is 11.3 Å². The van der Waals surface area contributed by atoms with Crippen LogP contribution in [0, 0.1) is 18.3 Å². The van der Waals surface area contributed by atoms with Crippen LogP contribution >= 0.6 is 11.3 Å². The monoisotopic (exact) mass is 627 g/mol. The largest absolute Gasteiger partial charge is 0.490 e. The number of anilines is 1. The molecule has 2 saturated heterocycles. The van der Waals surface area contributed by atoms with Gasteiger partial charge in [0, 0.05) is 48.0 Å². The molecule has 0 aromatic carbocycles. The van der Waals surface area contributed by atoms with Crippen molar-refractivity contribution in [3.63, 3.8) is 0 Å². The van der Waals surface area contributed by atoms with Crippen molar-refractivity contribution in [2.75, 3.05) is 37.7 Å². The summed E-state index contributed by atoms with van der Waals surface area (Å²) in [7, 11) is 0. The predicted octanol–water partition coefficient (Wildman–Crippen LogP) is 5.00. The zero-order valence-electron chi connectivity index (χ0n) is 22.7. The maximum absolute atomic E-state index is 13.1. The third-order valence-corrected chi connectivity index (χ3v) is 7.57. The van der Waals surface area contributed by atoms with Gasteiger partial charge >= 0.3 is 30.3 Å². The highest BCUT2D eigenvalue weighted by atomic mass is 32.1. The number of fused-ring (bicyclic) bond motifs is 1. The molecule has 4 heterocycles. The summed E-state index contributed by atoms with van der Waals surface area (Å²) in [5.74, 6) is -4.32. The standard InChI is InChI=1S/C22H29N3O2S.2C2HF3O2/c1-3-27-21(26)22-10-6-12-24(15-19-9-8-17(2)28-19)13-18(22)14-25(16-22)20-7-4-5-11-23-20;2*3-2(4,5)1(6)7/h4-5,7-9,11,18H,3,6,10,12-16H2,1-2H3;2*(H,6,7)/t18-,22-;;/m0../s1. The molecular formula is C26H31F6N3O6S. The predicted molar refractivity (Wildman–Crippen MR) is 140 cm³/mol. The Hall–Kier alpha value is -3.40. The van der Waals surface area contributed by atoms with Gasteiger partial charge in [0.25, 0.3) is 0 Å². The summed E-state index contributed by atoms with van der Waals surface area (Å²) < 4.78 is 69.1. The molecule has 2 aliphatic rings. The maximum atomic E-state index is 13.1. The number of carbonyl (C=O) groups is 3. The third-order valence-electron chi connectivity index (χ3n) is 6.59. The van der Waals surface area contributed by atoms with Crippen LogP contribution in [0.5, 0.6) is 0 Å². The van der Waals surface area contributed by atoms with Crippen LogP contribution in [0.4, 0.5) is 32.2 Å². The minimum atomic E-state index is -5.08. The van der Waals surface area contributed by atoms with Crippen LogP contribution in [0.25, 0.3) is 0 Å². The second-order valence-corrected chi connectivity index (χ2v) is 11.0. The number of hydrogen-bond acceptors (Lipinski definition) is 8. The van der Waals surface area contributed by atoms with Crippen molar-refractivity contribution < 1.29 is 55.7 Å². The number of nitrogens with zero attached hydrogens (tertiary/aromatic N) is 3. The smallest absolute Gasteiger partial charge is 0.475 e. The van der Waals surface area contributed by atoms with Crippen LogP contribution in [0.3, 0.4) is 0 Å². The number of hydrogen-bond donors (Lipinski definition) is 2. The van der Waals surface area contributed by atoms with Gasteiger partial charge in [-0.1, -0.05) is 6.07 Å². The first-order valence-electron chi connectivity index (χ1n) is 12.7. The lowest BCUT2D eigenvalue weighted by molar-refractivity contribution is -0.193. The number of aryl methyl sites for hydroxylation is 1. The van der Waals surface area contributed by atoms with Crippen molar-refractivity contribution >= 4 is 35.1 Å². The first-order chi connectivity index (χ1) is 19.5. The Morgan fingerprint density at radius 1 is 1.05 bits per heavy atom. The lowest BCUT2D eigenvalue weighted by Gasteiger charge is -2.31. The Bertz CT molecular complexity index is 1170. The topological polar surface area (TPSA) is 120 Å². The molecule has 0 radical (unpaired) electrons. The second-order valence-electron chi connectivity index (χ2n) is 9.60. The van der Waals surface area contributed by atoms with Crippen LogP contribution in [-0.4, -0.2) is 83.1 Å². The van der Waals surface area contributed by atoms with Crippen molar-refractivity contribution in [3.05, 3.63) is 46.3 Å². The van der Waals surface area contributed by atoms with Gasteiger partial charge < -0.3 is 19.8 Å². The number of carbonyl (C=O) groups excluding carboxylic acids is 1. The second kappa shape index (κ2) is 14.7. The molecule has 234 valence electrons. The highest BCUT2D eigenvalue weighted by molar-refractivity contribution is 7.11. The minimum absolute atomic E-state index is 0.0211. The number of alkyl halides is 6. The van der Waals surface area contributed by atoms with E-state index in [-0.39, 0.29) is 11.9 Å². The molecule has 0 saturated carbocycles. The lowest BCUT2D eigenvalue weighted by Crippen LogP contribution is -2.42. The first kappa shape index (κ1) is 34.8. The fraction of sp³-hybridized carbons (Fsp3) is 0.538. The molecule has 2 aromatic rings. The van der Waals surface area contributed by atoms with Crippen LogP contribution in [0.1, 0.15) is 29.5 Å². The summed E-state index contributed by atoms with van der Waals surface area (Å²) in [5, 5.41) is 14.2. The number of pyridine rings is 1. The van der Waals surface area contributed by atoms with E-state index in [1.807, 2.05) is 42.7 Å². The zero-order valence-corrected chi connectivity index (χ0v) is 23.6. The molecule has 2 aromatic heterocycles. The van der Waals surface area contributed by atoms with E-state index in [1.54, 1.807) is 0 Å². The highest BCUT2D eigenvalue weighted by Gasteiger charge is 2.54. The summed E-state index contributed by atoms with van der Waals surface area (Å²) in [6.07, 6.45) is -6.43. The normalized spacial score (nSPS) is 20.7. The van der Waals surface area contributed by atoms with Gasteiger partial charge in [-0.2, -0.15) is 26.3 Å². The number of carboxylic acid groups (broad SMARTS) is 2. The summed E-state index contributed by atoms with van der Waals surface area (Å²) in [4.78, 5) is 43.0. The summed E-state index contributed by atoms with van der Waals surface area (Å²) in [6.45, 7) is 9.00. The van der Waals surface area contributed by atoms with Gasteiger partial charge in [-0.25, -0.2) is 14.6 Å². The summed E-state index contributed by atoms with van der Waals surface area (Å²) in [6, 6.07) is 10.4. The number of aliphatic carboxylic acids is 2. The molecular weight excluding hydrogens is 596 g/mol. The molecule has 0 aliphatic carbocycles. The van der Waals surface area contributed by atoms with Crippen LogP contribution < -0.4 is 4.90 Å². The molecule has 2 aliphatic heterocycles. The van der Waals surface area contributed by atoms with E-state index in [9.17, 15) is 31.1 Å². The third kappa shape index (κ3) is 9.86. The van der Waals surface area contributed by atoms with Crippen molar-refractivity contribution in [2.24, 2.45) is 11.3 Å². The van der Waals surface area contributed by atoms with Crippen LogP contribution in [0.2, 0.25) is 0 Å². The lowest BCUT2D eigenvalue weighted by atomic mass is 9.75. The quantitative estimate of drug-likeness (QED) is 0.349. The van der Waals surface area contributed by atoms with Crippen molar-refractivity contribution in [1.82, 2.24) is 9.88 Å². The van der Waals surface area contributed by atoms with Crippen LogP contribution in [0.15, 0.2) is 36.5 Å². The van der Waals surface area contributed by atoms with E-state index >= 15 is 0 Å². The average molecular weight is 628 g/mol. The molecule has 2 N–H and O–H groups in total. The number of carboxylic acids is 2. The average Bonchev–Trinajstić information content (AvgIpc) is 3.43. The summed E-state index contributed by atoms with van der Waals surface area (Å²) >= 11 is 1.87. The first-order valence-corrected chi connectivity index (χ1v) is 13.5. The fourth-order valence-corrected chi connectivity index (χ4v) is 5.70. The number of halogens is 6. The molecule has 4 rings (SSSR count). The Balaban J connectivity index is 0.000000367. The van der Waals surface area contributed by atoms with Crippen molar-refractivity contribution in [3.8, 4) is 0 Å². The fourth-order valence-electron chi connectivity index (χ4n) is 4.77. The molecule has 0 amide bonds. The van der Waals surface area contributed by atoms with Crippen molar-refractivity contribution in [1.29, 1.82) is 0 Å². The number of likely N-dealkylation sites (tertiary alicyclic amines) is 1. The number of thiophene rings is 1. The number of esters is 1. The van der Waals surface area contributed by atoms with E-state index in [2.05, 4.69) is 33.8 Å². The van der Waals surface area contributed by atoms with E-state index in [4.69, 9.17) is 24.5 Å². The van der Waals surface area contributed by atoms with E-state index in [0.29, 0.717) is 13.2 Å². The molecule has 0 bridgehead atoms. The molecule has 42 heavy (non-hydrogen) atoms. The zero-order chi connectivity index (χ0) is 31.7. The Morgan fingerprint density at radius 2 is 1.67 bits per heavy atom. The maximum Gasteiger partial charge on any atom is 0.490 e. The molecule has 0 spiro atoms. The molecule has 0 unspecified atom stereocenters. The molecule has 2 fully saturated rings. The van der Waals surface area contributed by atoms with Gasteiger partial charge in [0.05, 0.1) is 12.0 Å².